The molecule has 0 saturated heterocycles. The Morgan fingerprint density at radius 1 is 1.44 bits per heavy atom. The first-order chi connectivity index (χ1) is 7.74. The van der Waals surface area contributed by atoms with Crippen LogP contribution in [0.2, 0.25) is 0 Å². The number of hydrogen-bond donors (Lipinski definition) is 1. The van der Waals surface area contributed by atoms with E-state index in [4.69, 9.17) is 5.11 Å². The number of nitrogens with zero attached hydrogens (tertiary/aromatic N) is 1. The largest absolute Gasteiger partial charge is 0.396 e. The van der Waals surface area contributed by atoms with E-state index in [9.17, 15) is 4.79 Å². The van der Waals surface area contributed by atoms with Gasteiger partial charge in [0.05, 0.1) is 10.9 Å². The number of aliphatic hydroxyl groups excluding tert-OH is 1. The summed E-state index contributed by atoms with van der Waals surface area (Å²) in [5, 5.41) is 8.82. The third kappa shape index (κ3) is 2.08. The van der Waals surface area contributed by atoms with Gasteiger partial charge in [-0.2, -0.15) is 0 Å². The van der Waals surface area contributed by atoms with Gasteiger partial charge >= 0.3 is 0 Å². The van der Waals surface area contributed by atoms with Crippen LogP contribution in [0.3, 0.4) is 0 Å². The molecule has 0 aliphatic carbocycles. The molecule has 86 valence electrons. The van der Waals surface area contributed by atoms with Crippen LogP contribution >= 0.6 is 11.8 Å². The fraction of sp³-hybridized carbons (Fsp3) is 0.417. The van der Waals surface area contributed by atoms with E-state index in [1.54, 1.807) is 16.7 Å². The maximum Gasteiger partial charge on any atom is 0.240 e. The molecule has 1 aromatic rings. The van der Waals surface area contributed by atoms with E-state index in [1.807, 2.05) is 31.2 Å². The molecule has 0 fully saturated rings. The third-order valence-corrected chi connectivity index (χ3v) is 3.77. The van der Waals surface area contributed by atoms with E-state index in [0.717, 1.165) is 10.6 Å². The number of thioether (sulfide) groups is 1. The van der Waals surface area contributed by atoms with Crippen LogP contribution in [0.5, 0.6) is 0 Å². The van der Waals surface area contributed by atoms with Crippen molar-refractivity contribution in [1.29, 1.82) is 0 Å². The Hall–Kier alpha value is -1.00. The van der Waals surface area contributed by atoms with Gasteiger partial charge in [0, 0.05) is 18.0 Å². The molecule has 0 spiro atoms. The Balaban J connectivity index is 2.30. The van der Waals surface area contributed by atoms with Crippen molar-refractivity contribution in [3.63, 3.8) is 0 Å². The van der Waals surface area contributed by atoms with Crippen molar-refractivity contribution < 1.29 is 9.90 Å². The minimum atomic E-state index is -0.0337. The molecule has 3 nitrogen and oxygen atoms in total. The zero-order valence-electron chi connectivity index (χ0n) is 9.22. The maximum absolute atomic E-state index is 12.0. The summed E-state index contributed by atoms with van der Waals surface area (Å²) in [6.07, 6.45) is 0.622. The monoisotopic (exact) mass is 237 g/mol. The van der Waals surface area contributed by atoms with Crippen LogP contribution in [0.4, 0.5) is 5.69 Å². The molecule has 1 amide bonds. The van der Waals surface area contributed by atoms with Gasteiger partial charge in [-0.15, -0.1) is 11.8 Å². The highest BCUT2D eigenvalue weighted by Gasteiger charge is 2.29. The van der Waals surface area contributed by atoms with Gasteiger partial charge < -0.3 is 10.0 Å². The predicted octanol–water partition coefficient (Wildman–Crippen LogP) is 1.90. The summed E-state index contributed by atoms with van der Waals surface area (Å²) in [6.45, 7) is 2.64. The summed E-state index contributed by atoms with van der Waals surface area (Å²) in [4.78, 5) is 14.9. The quantitative estimate of drug-likeness (QED) is 0.873. The fourth-order valence-corrected chi connectivity index (χ4v) is 2.88. The second kappa shape index (κ2) is 4.89. The molecule has 0 radical (unpaired) electrons. The van der Waals surface area contributed by atoms with Crippen LogP contribution in [0, 0.1) is 0 Å². The minimum Gasteiger partial charge on any atom is -0.396 e. The van der Waals surface area contributed by atoms with Gasteiger partial charge in [0.25, 0.3) is 0 Å². The van der Waals surface area contributed by atoms with Crippen molar-refractivity contribution >= 4 is 23.4 Å². The number of fused-ring (bicyclic) bond motifs is 1. The molecule has 1 heterocycles. The highest BCUT2D eigenvalue weighted by Crippen LogP contribution is 2.38. The van der Waals surface area contributed by atoms with Gasteiger partial charge in [-0.3, -0.25) is 4.79 Å². The Morgan fingerprint density at radius 2 is 2.19 bits per heavy atom. The molecule has 1 aliphatic heterocycles. The van der Waals surface area contributed by atoms with Gasteiger partial charge in [-0.05, 0) is 25.5 Å². The second-order valence-corrected chi connectivity index (χ2v) is 5.18. The van der Waals surface area contributed by atoms with Gasteiger partial charge in [-0.1, -0.05) is 12.1 Å². The van der Waals surface area contributed by atoms with E-state index < -0.39 is 0 Å². The lowest BCUT2D eigenvalue weighted by atomic mass is 10.2. The van der Waals surface area contributed by atoms with E-state index >= 15 is 0 Å². The number of rotatable bonds is 3. The number of hydrogen-bond acceptors (Lipinski definition) is 3. The summed E-state index contributed by atoms with van der Waals surface area (Å²) in [6, 6.07) is 7.92. The first-order valence-electron chi connectivity index (χ1n) is 5.42. The zero-order chi connectivity index (χ0) is 11.5. The average molecular weight is 237 g/mol. The van der Waals surface area contributed by atoms with Crippen molar-refractivity contribution in [2.75, 3.05) is 18.1 Å². The normalized spacial score (nSPS) is 19.8. The molecule has 0 bridgehead atoms. The molecule has 1 N–H and O–H groups in total. The SMILES string of the molecule is CC1Sc2ccccc2N(CCCO)C1=O. The fourth-order valence-electron chi connectivity index (χ4n) is 1.82. The maximum atomic E-state index is 12.0. The first-order valence-corrected chi connectivity index (χ1v) is 6.30. The number of carbonyl (C=O) groups is 1. The number of carbonyl (C=O) groups excluding carboxylic acids is 1. The topological polar surface area (TPSA) is 40.5 Å². The van der Waals surface area contributed by atoms with E-state index in [2.05, 4.69) is 0 Å². The van der Waals surface area contributed by atoms with Crippen LogP contribution in [0.1, 0.15) is 13.3 Å². The first kappa shape index (κ1) is 11.5. The predicted molar refractivity (Wildman–Crippen MR) is 65.8 cm³/mol. The molecule has 2 rings (SSSR count). The molecule has 1 atom stereocenters. The summed E-state index contributed by atoms with van der Waals surface area (Å²) in [5.74, 6) is 0.136. The number of benzene rings is 1. The van der Waals surface area contributed by atoms with Crippen LogP contribution in [0.15, 0.2) is 29.2 Å². The molecular formula is C12H15NO2S. The number of para-hydroxylation sites is 1. The van der Waals surface area contributed by atoms with Crippen LogP contribution in [-0.2, 0) is 4.79 Å². The smallest absolute Gasteiger partial charge is 0.240 e. The highest BCUT2D eigenvalue weighted by atomic mass is 32.2. The molecule has 0 saturated carbocycles. The average Bonchev–Trinajstić information content (AvgIpc) is 2.30. The Bertz CT molecular complexity index is 394. The van der Waals surface area contributed by atoms with Gasteiger partial charge in [-0.25, -0.2) is 0 Å². The standard InChI is InChI=1S/C12H15NO2S/c1-9-12(15)13(7-4-8-14)10-5-2-3-6-11(10)16-9/h2-3,5-6,9,14H,4,7-8H2,1H3. The number of amides is 1. The van der Waals surface area contributed by atoms with Gasteiger partial charge in [0.1, 0.15) is 0 Å². The Kier molecular flexibility index (Phi) is 3.51. The third-order valence-electron chi connectivity index (χ3n) is 2.61. The molecule has 1 unspecified atom stereocenters. The number of anilines is 1. The van der Waals surface area contributed by atoms with Crippen LogP contribution in [0.25, 0.3) is 0 Å². The van der Waals surface area contributed by atoms with E-state index in [1.165, 1.54) is 0 Å². The van der Waals surface area contributed by atoms with Gasteiger partial charge in [0.15, 0.2) is 0 Å². The van der Waals surface area contributed by atoms with Crippen molar-refractivity contribution in [3.8, 4) is 0 Å². The second-order valence-electron chi connectivity index (χ2n) is 3.79. The van der Waals surface area contributed by atoms with E-state index in [0.29, 0.717) is 13.0 Å². The van der Waals surface area contributed by atoms with E-state index in [-0.39, 0.29) is 17.8 Å². The van der Waals surface area contributed by atoms with Crippen molar-refractivity contribution in [2.45, 2.75) is 23.5 Å². The summed E-state index contributed by atoms with van der Waals surface area (Å²) >= 11 is 1.60. The van der Waals surface area contributed by atoms with Crippen LogP contribution in [-0.4, -0.2) is 29.4 Å². The lowest BCUT2D eigenvalue weighted by Gasteiger charge is -2.32. The molecule has 1 aliphatic rings. The lowest BCUT2D eigenvalue weighted by molar-refractivity contribution is -0.118. The molecular weight excluding hydrogens is 222 g/mol. The molecule has 16 heavy (non-hydrogen) atoms. The molecule has 4 heteroatoms. The van der Waals surface area contributed by atoms with Crippen molar-refractivity contribution in [1.82, 2.24) is 0 Å². The van der Waals surface area contributed by atoms with Crippen molar-refractivity contribution in [3.05, 3.63) is 24.3 Å². The van der Waals surface area contributed by atoms with Crippen LogP contribution < -0.4 is 4.90 Å². The molecule has 1 aromatic carbocycles. The summed E-state index contributed by atoms with van der Waals surface area (Å²) in [7, 11) is 0. The molecule has 0 aromatic heterocycles. The lowest BCUT2D eigenvalue weighted by Crippen LogP contribution is -2.40. The zero-order valence-corrected chi connectivity index (χ0v) is 10.0. The van der Waals surface area contributed by atoms with Gasteiger partial charge in [0.2, 0.25) is 5.91 Å². The summed E-state index contributed by atoms with van der Waals surface area (Å²) < 4.78 is 0. The van der Waals surface area contributed by atoms with Crippen molar-refractivity contribution in [2.24, 2.45) is 0 Å². The Morgan fingerprint density at radius 3 is 2.94 bits per heavy atom. The number of aliphatic hydroxyl groups is 1. The minimum absolute atomic E-state index is 0.0337. The Labute approximate surface area is 99.5 Å². The summed E-state index contributed by atoms with van der Waals surface area (Å²) in [5.41, 5.74) is 0.976. The highest BCUT2D eigenvalue weighted by molar-refractivity contribution is 8.00.